The third kappa shape index (κ3) is 7.32. The Hall–Kier alpha value is -3.34. The fraction of sp³-hybridized carbons (Fsp3) is 0.458. The number of nitrogens with zero attached hydrogens (tertiary/aromatic N) is 3. The Bertz CT molecular complexity index is 1020. The summed E-state index contributed by atoms with van der Waals surface area (Å²) in [5.74, 6) is 0.373. The first kappa shape index (κ1) is 26.3. The van der Waals surface area contributed by atoms with Crippen molar-refractivity contribution in [2.45, 2.75) is 25.6 Å². The lowest BCUT2D eigenvalue weighted by Crippen LogP contribution is -2.40. The van der Waals surface area contributed by atoms with E-state index in [1.807, 2.05) is 43.3 Å². The Morgan fingerprint density at radius 1 is 1.17 bits per heavy atom. The molecule has 0 saturated carbocycles. The topological polar surface area (TPSA) is 88.0 Å². The number of carbonyl (C=O) groups is 1. The number of rotatable bonds is 9. The fourth-order valence-corrected chi connectivity index (χ4v) is 3.88. The third-order valence-corrected chi connectivity index (χ3v) is 5.90. The second kappa shape index (κ2) is 11.4. The molecule has 3 rings (SSSR count). The summed E-state index contributed by atoms with van der Waals surface area (Å²) in [6.07, 6.45) is -3.76. The molecule has 0 spiro atoms. The number of amides is 1. The lowest BCUT2D eigenvalue weighted by molar-refractivity contribution is -0.384. The Labute approximate surface area is 201 Å². The molecule has 1 aliphatic rings. The van der Waals surface area contributed by atoms with Gasteiger partial charge in [0.2, 0.25) is 5.91 Å². The second-order valence-corrected chi connectivity index (χ2v) is 8.73. The van der Waals surface area contributed by atoms with Gasteiger partial charge < -0.3 is 19.9 Å². The molecule has 11 heteroatoms. The highest BCUT2D eigenvalue weighted by atomic mass is 19.4. The molecule has 1 N–H and O–H groups in total. The van der Waals surface area contributed by atoms with Crippen LogP contribution in [-0.4, -0.2) is 56.1 Å². The number of nitro benzene ring substituents is 1. The summed E-state index contributed by atoms with van der Waals surface area (Å²) in [4.78, 5) is 26.9. The Morgan fingerprint density at radius 2 is 1.83 bits per heavy atom. The molecule has 0 atom stereocenters. The minimum absolute atomic E-state index is 0.113. The number of anilines is 1. The van der Waals surface area contributed by atoms with Crippen molar-refractivity contribution >= 4 is 17.3 Å². The van der Waals surface area contributed by atoms with Crippen LogP contribution in [0.4, 0.5) is 24.5 Å². The summed E-state index contributed by atoms with van der Waals surface area (Å²) in [6, 6.07) is 10.0. The van der Waals surface area contributed by atoms with Crippen LogP contribution in [0.2, 0.25) is 0 Å². The Balaban J connectivity index is 1.51. The largest absolute Gasteiger partial charge is 0.492 e. The van der Waals surface area contributed by atoms with Crippen molar-refractivity contribution in [3.63, 3.8) is 0 Å². The van der Waals surface area contributed by atoms with Crippen LogP contribution in [0.15, 0.2) is 42.5 Å². The smallest absolute Gasteiger partial charge is 0.416 e. The number of piperidine rings is 1. The number of likely N-dealkylation sites (N-methyl/N-ethyl adjacent to an activating group) is 1. The summed E-state index contributed by atoms with van der Waals surface area (Å²) in [7, 11) is 3.94. The van der Waals surface area contributed by atoms with Gasteiger partial charge in [0.05, 0.1) is 10.5 Å². The van der Waals surface area contributed by atoms with Gasteiger partial charge in [-0.05, 0) is 56.8 Å². The van der Waals surface area contributed by atoms with Crippen molar-refractivity contribution in [2.75, 3.05) is 45.2 Å². The minimum Gasteiger partial charge on any atom is -0.492 e. The van der Waals surface area contributed by atoms with Crippen LogP contribution in [0.1, 0.15) is 24.0 Å². The predicted octanol–water partition coefficient (Wildman–Crippen LogP) is 4.09. The van der Waals surface area contributed by atoms with E-state index in [2.05, 4.69) is 5.32 Å². The summed E-state index contributed by atoms with van der Waals surface area (Å²) < 4.78 is 44.5. The maximum Gasteiger partial charge on any atom is 0.416 e. The molecule has 1 heterocycles. The summed E-state index contributed by atoms with van der Waals surface area (Å²) in [5.41, 5.74) is -0.585. The van der Waals surface area contributed by atoms with Gasteiger partial charge in [0.1, 0.15) is 18.0 Å². The number of nitro groups is 1. The molecule has 1 amide bonds. The quantitative estimate of drug-likeness (QED) is 0.418. The zero-order valence-corrected chi connectivity index (χ0v) is 19.7. The predicted molar refractivity (Wildman–Crippen MR) is 125 cm³/mol. The lowest BCUT2D eigenvalue weighted by atomic mass is 9.95. The van der Waals surface area contributed by atoms with Crippen LogP contribution in [0, 0.1) is 16.0 Å². The normalized spacial score (nSPS) is 14.7. The number of nitrogens with one attached hydrogen (secondary N) is 1. The van der Waals surface area contributed by atoms with E-state index in [9.17, 15) is 28.1 Å². The first-order valence-electron chi connectivity index (χ1n) is 11.3. The van der Waals surface area contributed by atoms with Crippen molar-refractivity contribution < 1.29 is 27.6 Å². The van der Waals surface area contributed by atoms with E-state index in [1.54, 1.807) is 4.90 Å². The highest BCUT2D eigenvalue weighted by Crippen LogP contribution is 2.37. The molecule has 1 saturated heterocycles. The van der Waals surface area contributed by atoms with Crippen LogP contribution in [0.25, 0.3) is 0 Å². The molecular weight excluding hydrogens is 465 g/mol. The first-order chi connectivity index (χ1) is 16.5. The van der Waals surface area contributed by atoms with E-state index in [4.69, 9.17) is 4.74 Å². The number of halogens is 3. The van der Waals surface area contributed by atoms with Crippen LogP contribution in [-0.2, 0) is 17.5 Å². The van der Waals surface area contributed by atoms with E-state index in [-0.39, 0.29) is 17.5 Å². The zero-order chi connectivity index (χ0) is 25.6. The Morgan fingerprint density at radius 3 is 2.40 bits per heavy atom. The molecule has 190 valence electrons. The highest BCUT2D eigenvalue weighted by molar-refractivity contribution is 5.79. The van der Waals surface area contributed by atoms with E-state index >= 15 is 0 Å². The van der Waals surface area contributed by atoms with Crippen molar-refractivity contribution in [3.05, 3.63) is 63.7 Å². The van der Waals surface area contributed by atoms with Gasteiger partial charge in [-0.25, -0.2) is 0 Å². The average molecular weight is 495 g/mol. The molecule has 1 aliphatic heterocycles. The third-order valence-electron chi connectivity index (χ3n) is 5.90. The van der Waals surface area contributed by atoms with Gasteiger partial charge in [-0.15, -0.1) is 0 Å². The number of hydrogen-bond acceptors (Lipinski definition) is 6. The van der Waals surface area contributed by atoms with Crippen molar-refractivity contribution in [1.29, 1.82) is 0 Å². The molecule has 8 nitrogen and oxygen atoms in total. The number of alkyl halides is 3. The number of benzene rings is 2. The molecule has 0 unspecified atom stereocenters. The van der Waals surface area contributed by atoms with Crippen LogP contribution < -0.4 is 15.0 Å². The maximum absolute atomic E-state index is 12.9. The van der Waals surface area contributed by atoms with Gasteiger partial charge in [-0.2, -0.15) is 13.2 Å². The van der Waals surface area contributed by atoms with E-state index in [1.165, 1.54) is 0 Å². The Kier molecular flexibility index (Phi) is 8.55. The summed E-state index contributed by atoms with van der Waals surface area (Å²) in [5, 5.41) is 14.3. The van der Waals surface area contributed by atoms with Crippen LogP contribution in [0.5, 0.6) is 5.75 Å². The van der Waals surface area contributed by atoms with E-state index in [0.29, 0.717) is 45.1 Å². The molecular formula is C24H29F3N4O4. The molecule has 2 aromatic rings. The molecule has 0 aromatic heterocycles. The molecule has 35 heavy (non-hydrogen) atoms. The van der Waals surface area contributed by atoms with Gasteiger partial charge >= 0.3 is 6.18 Å². The molecule has 2 aromatic carbocycles. The van der Waals surface area contributed by atoms with Gasteiger partial charge in [0.15, 0.2) is 0 Å². The first-order valence-corrected chi connectivity index (χ1v) is 11.3. The van der Waals surface area contributed by atoms with Gasteiger partial charge in [0, 0.05) is 38.2 Å². The summed E-state index contributed by atoms with van der Waals surface area (Å²) >= 11 is 0. The van der Waals surface area contributed by atoms with E-state index < -0.39 is 22.4 Å². The minimum atomic E-state index is -4.66. The highest BCUT2D eigenvalue weighted by Gasteiger charge is 2.34. The van der Waals surface area contributed by atoms with Crippen molar-refractivity contribution in [2.24, 2.45) is 5.92 Å². The maximum atomic E-state index is 12.9. The van der Waals surface area contributed by atoms with Crippen molar-refractivity contribution in [3.8, 4) is 5.75 Å². The fourth-order valence-electron chi connectivity index (χ4n) is 3.88. The standard InChI is InChI=1S/C24H29F3N4O4/c1-29(2)13-14-35-20-6-3-17(4-7-20)16-28-23(32)18-9-11-30(12-10-18)21-8-5-19(24(25,26)27)15-22(21)31(33)34/h3-8,15,18H,9-14,16H2,1-2H3,(H,28,32). The van der Waals surface area contributed by atoms with Gasteiger partial charge in [-0.1, -0.05) is 12.1 Å². The lowest BCUT2D eigenvalue weighted by Gasteiger charge is -2.32. The molecule has 0 bridgehead atoms. The number of hydrogen-bond donors (Lipinski definition) is 1. The zero-order valence-electron chi connectivity index (χ0n) is 19.7. The average Bonchev–Trinajstić information content (AvgIpc) is 2.82. The molecule has 0 aliphatic carbocycles. The number of ether oxygens (including phenoxy) is 1. The van der Waals surface area contributed by atoms with Crippen molar-refractivity contribution in [1.82, 2.24) is 10.2 Å². The molecule has 0 radical (unpaired) electrons. The second-order valence-electron chi connectivity index (χ2n) is 8.73. The van der Waals surface area contributed by atoms with E-state index in [0.717, 1.165) is 30.0 Å². The summed E-state index contributed by atoms with van der Waals surface area (Å²) in [6.45, 7) is 2.42. The monoisotopic (exact) mass is 494 g/mol. The van der Waals surface area contributed by atoms with Gasteiger partial charge in [-0.3, -0.25) is 14.9 Å². The van der Waals surface area contributed by atoms with Crippen LogP contribution in [0.3, 0.4) is 0 Å². The molecule has 1 fully saturated rings. The SMILES string of the molecule is CN(C)CCOc1ccc(CNC(=O)C2CCN(c3ccc(C(F)(F)F)cc3[N+](=O)[O-])CC2)cc1. The number of carbonyl (C=O) groups excluding carboxylic acids is 1. The van der Waals surface area contributed by atoms with Gasteiger partial charge in [0.25, 0.3) is 5.69 Å². The van der Waals surface area contributed by atoms with Crippen LogP contribution >= 0.6 is 0 Å².